The molecule has 5 nitrogen and oxygen atoms in total. The van der Waals surface area contributed by atoms with Crippen molar-refractivity contribution < 1.29 is 23.8 Å². The summed E-state index contributed by atoms with van der Waals surface area (Å²) in [5.74, 6) is 0.484. The Labute approximate surface area is 167 Å². The number of carbonyl (C=O) groups is 2. The number of rotatable bonds is 4. The normalized spacial score (nSPS) is 14.6. The summed E-state index contributed by atoms with van der Waals surface area (Å²) in [5.41, 5.74) is 2.50. The van der Waals surface area contributed by atoms with Gasteiger partial charge < -0.3 is 14.2 Å². The van der Waals surface area contributed by atoms with Crippen LogP contribution in [-0.4, -0.2) is 26.2 Å². The monoisotopic (exact) mass is 386 g/mol. The van der Waals surface area contributed by atoms with Crippen molar-refractivity contribution >= 4 is 34.5 Å². The predicted octanol–water partition coefficient (Wildman–Crippen LogP) is 4.62. The third-order valence-electron chi connectivity index (χ3n) is 4.71. The second kappa shape index (κ2) is 7.64. The lowest BCUT2D eigenvalue weighted by molar-refractivity contribution is -0.130. The van der Waals surface area contributed by atoms with E-state index in [1.807, 2.05) is 36.4 Å². The number of methoxy groups -OCH3 is 2. The molecule has 0 spiro atoms. The summed E-state index contributed by atoms with van der Waals surface area (Å²) in [6.07, 6.45) is 3.45. The molecule has 3 aromatic carbocycles. The predicted molar refractivity (Wildman–Crippen MR) is 110 cm³/mol. The molecule has 0 atom stereocenters. The molecule has 0 fully saturated rings. The van der Waals surface area contributed by atoms with Crippen molar-refractivity contribution in [2.75, 3.05) is 14.2 Å². The number of fused-ring (bicyclic) bond motifs is 1. The summed E-state index contributed by atoms with van der Waals surface area (Å²) in [7, 11) is 2.97. The van der Waals surface area contributed by atoms with E-state index in [1.165, 1.54) is 7.11 Å². The zero-order chi connectivity index (χ0) is 20.4. The molecule has 4 rings (SSSR count). The average molecular weight is 386 g/mol. The van der Waals surface area contributed by atoms with E-state index in [-0.39, 0.29) is 0 Å². The number of benzene rings is 3. The van der Waals surface area contributed by atoms with E-state index in [0.29, 0.717) is 16.9 Å². The third kappa shape index (κ3) is 3.75. The molecule has 0 aliphatic carbocycles. The Hall–Kier alpha value is -3.86. The van der Waals surface area contributed by atoms with Crippen molar-refractivity contribution in [1.82, 2.24) is 0 Å². The van der Waals surface area contributed by atoms with Crippen LogP contribution in [0.3, 0.4) is 0 Å². The summed E-state index contributed by atoms with van der Waals surface area (Å²) in [4.78, 5) is 23.8. The van der Waals surface area contributed by atoms with Gasteiger partial charge in [-0.1, -0.05) is 30.3 Å². The van der Waals surface area contributed by atoms with Gasteiger partial charge >= 0.3 is 11.9 Å². The van der Waals surface area contributed by atoms with Crippen LogP contribution in [0.1, 0.15) is 21.5 Å². The Morgan fingerprint density at radius 3 is 2.38 bits per heavy atom. The fourth-order valence-electron chi connectivity index (χ4n) is 3.15. The molecule has 0 radical (unpaired) electrons. The van der Waals surface area contributed by atoms with Crippen molar-refractivity contribution in [1.29, 1.82) is 0 Å². The summed E-state index contributed by atoms with van der Waals surface area (Å²) in [5, 5.41) is 2.07. The number of carbonyl (C=O) groups excluding carboxylic acids is 2. The van der Waals surface area contributed by atoms with Crippen LogP contribution in [0.25, 0.3) is 22.6 Å². The Morgan fingerprint density at radius 1 is 0.931 bits per heavy atom. The van der Waals surface area contributed by atoms with Gasteiger partial charge in [-0.25, -0.2) is 9.59 Å². The van der Waals surface area contributed by atoms with E-state index in [2.05, 4.69) is 4.74 Å². The fourth-order valence-corrected chi connectivity index (χ4v) is 3.15. The molecule has 1 aliphatic heterocycles. The molecule has 5 heteroatoms. The lowest BCUT2D eigenvalue weighted by Crippen LogP contribution is -2.00. The Balaban J connectivity index is 1.62. The summed E-state index contributed by atoms with van der Waals surface area (Å²) < 4.78 is 15.4. The van der Waals surface area contributed by atoms with Crippen molar-refractivity contribution in [2.45, 2.75) is 0 Å². The molecule has 0 saturated heterocycles. The van der Waals surface area contributed by atoms with E-state index in [1.54, 1.807) is 43.5 Å². The molecule has 0 amide bonds. The maximum Gasteiger partial charge on any atom is 0.343 e. The number of ether oxygens (including phenoxy) is 3. The van der Waals surface area contributed by atoms with Gasteiger partial charge in [0.15, 0.2) is 0 Å². The second-order valence-electron chi connectivity index (χ2n) is 6.54. The molecule has 0 aromatic heterocycles. The highest BCUT2D eigenvalue weighted by Crippen LogP contribution is 2.30. The number of hydrogen-bond acceptors (Lipinski definition) is 5. The first kappa shape index (κ1) is 18.5. The van der Waals surface area contributed by atoms with Gasteiger partial charge in [0.25, 0.3) is 0 Å². The number of hydrogen-bond donors (Lipinski definition) is 0. The lowest BCUT2D eigenvalue weighted by Gasteiger charge is -2.06. The van der Waals surface area contributed by atoms with Gasteiger partial charge in [-0.05, 0) is 58.8 Å². The van der Waals surface area contributed by atoms with Crippen LogP contribution < -0.4 is 4.74 Å². The first-order chi connectivity index (χ1) is 14.1. The first-order valence-corrected chi connectivity index (χ1v) is 8.99. The molecule has 3 aromatic rings. The number of esters is 2. The molecule has 0 N–H and O–H groups in total. The molecule has 144 valence electrons. The molecular formula is C24H18O5. The van der Waals surface area contributed by atoms with Crippen LogP contribution in [0.5, 0.6) is 5.75 Å². The van der Waals surface area contributed by atoms with Crippen molar-refractivity contribution in [3.63, 3.8) is 0 Å². The van der Waals surface area contributed by atoms with Crippen molar-refractivity contribution in [3.8, 4) is 5.75 Å². The van der Waals surface area contributed by atoms with Gasteiger partial charge in [-0.3, -0.25) is 0 Å². The van der Waals surface area contributed by atoms with E-state index in [9.17, 15) is 9.59 Å². The Bertz CT molecular complexity index is 1170. The van der Waals surface area contributed by atoms with Crippen LogP contribution in [0.15, 0.2) is 72.3 Å². The van der Waals surface area contributed by atoms with Crippen LogP contribution in [0.4, 0.5) is 0 Å². The zero-order valence-corrected chi connectivity index (χ0v) is 16.0. The quantitative estimate of drug-likeness (QED) is 0.484. The molecule has 1 aliphatic rings. The highest BCUT2D eigenvalue weighted by Gasteiger charge is 2.22. The average Bonchev–Trinajstić information content (AvgIpc) is 3.13. The van der Waals surface area contributed by atoms with E-state index < -0.39 is 11.9 Å². The zero-order valence-electron chi connectivity index (χ0n) is 16.0. The van der Waals surface area contributed by atoms with Gasteiger partial charge in [-0.15, -0.1) is 0 Å². The van der Waals surface area contributed by atoms with Crippen LogP contribution in [0, 0.1) is 0 Å². The van der Waals surface area contributed by atoms with Gasteiger partial charge in [0.1, 0.15) is 11.5 Å². The van der Waals surface area contributed by atoms with Crippen LogP contribution >= 0.6 is 0 Å². The van der Waals surface area contributed by atoms with Gasteiger partial charge in [0, 0.05) is 5.56 Å². The SMILES string of the molecule is COC(=O)c1ccc(/C=C2/C=C(c3ccc4cc(OC)ccc4c3)OC2=O)cc1. The van der Waals surface area contributed by atoms with Crippen LogP contribution in [-0.2, 0) is 14.3 Å². The van der Waals surface area contributed by atoms with E-state index >= 15 is 0 Å². The summed E-state index contributed by atoms with van der Waals surface area (Å²) in [6.45, 7) is 0. The summed E-state index contributed by atoms with van der Waals surface area (Å²) in [6, 6.07) is 18.5. The number of cyclic esters (lactones) is 1. The Morgan fingerprint density at radius 2 is 1.66 bits per heavy atom. The standard InChI is InChI=1S/C24H18O5/c1-27-21-10-9-17-12-19(8-7-18(17)13-21)22-14-20(24(26)29-22)11-15-3-5-16(6-4-15)23(25)28-2/h3-14H,1-2H3/b20-11-. The lowest BCUT2D eigenvalue weighted by atomic mass is 10.0. The van der Waals surface area contributed by atoms with Crippen LogP contribution in [0.2, 0.25) is 0 Å². The maximum atomic E-state index is 12.3. The molecule has 29 heavy (non-hydrogen) atoms. The Kier molecular flexibility index (Phi) is 4.87. The van der Waals surface area contributed by atoms with Gasteiger partial charge in [0.05, 0.1) is 25.4 Å². The largest absolute Gasteiger partial charge is 0.497 e. The smallest absolute Gasteiger partial charge is 0.343 e. The summed E-state index contributed by atoms with van der Waals surface area (Å²) >= 11 is 0. The van der Waals surface area contributed by atoms with E-state index in [0.717, 1.165) is 27.6 Å². The molecule has 0 saturated carbocycles. The highest BCUT2D eigenvalue weighted by atomic mass is 16.5. The maximum absolute atomic E-state index is 12.3. The highest BCUT2D eigenvalue weighted by molar-refractivity contribution is 6.05. The first-order valence-electron chi connectivity index (χ1n) is 8.99. The van der Waals surface area contributed by atoms with Crippen molar-refractivity contribution in [3.05, 3.63) is 89.0 Å². The third-order valence-corrected chi connectivity index (χ3v) is 4.71. The molecule has 1 heterocycles. The van der Waals surface area contributed by atoms with E-state index in [4.69, 9.17) is 9.47 Å². The fraction of sp³-hybridized carbons (Fsp3) is 0.0833. The second-order valence-corrected chi connectivity index (χ2v) is 6.54. The molecule has 0 unspecified atom stereocenters. The topological polar surface area (TPSA) is 61.8 Å². The minimum Gasteiger partial charge on any atom is -0.497 e. The molecular weight excluding hydrogens is 368 g/mol. The minimum atomic E-state index is -0.410. The van der Waals surface area contributed by atoms with Gasteiger partial charge in [-0.2, -0.15) is 0 Å². The van der Waals surface area contributed by atoms with Gasteiger partial charge in [0.2, 0.25) is 0 Å². The molecule has 0 bridgehead atoms. The van der Waals surface area contributed by atoms with Crippen molar-refractivity contribution in [2.24, 2.45) is 0 Å². The minimum absolute atomic E-state index is 0.402.